The standard InChI is InChI=1S/C29H41N/c1-2-3-4-7-22-10-12-23(13-11-22)24-14-16-25(17-15-24)28-8-5-6-9-29(28)26-18-20-27(30)21-19-26/h5-6,8-9,14-17,22-23,26-27H,2-4,7,10-13,18-21,30H2,1H3. The lowest BCUT2D eigenvalue weighted by atomic mass is 9.76. The third kappa shape index (κ3) is 5.35. The molecule has 1 nitrogen and oxygen atoms in total. The van der Waals surface area contributed by atoms with Gasteiger partial charge >= 0.3 is 0 Å². The van der Waals surface area contributed by atoms with Gasteiger partial charge in [0.15, 0.2) is 0 Å². The van der Waals surface area contributed by atoms with E-state index >= 15 is 0 Å². The van der Waals surface area contributed by atoms with Crippen LogP contribution >= 0.6 is 0 Å². The molecule has 0 bridgehead atoms. The van der Waals surface area contributed by atoms with E-state index in [9.17, 15) is 0 Å². The van der Waals surface area contributed by atoms with Crippen molar-refractivity contribution in [3.8, 4) is 11.1 Å². The molecule has 0 spiro atoms. The van der Waals surface area contributed by atoms with Crippen LogP contribution in [0.15, 0.2) is 48.5 Å². The van der Waals surface area contributed by atoms with Crippen molar-refractivity contribution in [2.24, 2.45) is 11.7 Å². The fraction of sp³-hybridized carbons (Fsp3) is 0.586. The van der Waals surface area contributed by atoms with Crippen molar-refractivity contribution in [2.75, 3.05) is 0 Å². The van der Waals surface area contributed by atoms with Crippen LogP contribution in [0.3, 0.4) is 0 Å². The van der Waals surface area contributed by atoms with Crippen LogP contribution in [0.2, 0.25) is 0 Å². The number of benzene rings is 2. The van der Waals surface area contributed by atoms with Crippen LogP contribution in [-0.2, 0) is 0 Å². The highest BCUT2D eigenvalue weighted by Gasteiger charge is 2.24. The zero-order chi connectivity index (χ0) is 20.8. The van der Waals surface area contributed by atoms with E-state index in [1.165, 1.54) is 93.7 Å². The third-order valence-electron chi connectivity index (χ3n) is 7.93. The fourth-order valence-electron chi connectivity index (χ4n) is 5.95. The largest absolute Gasteiger partial charge is 0.328 e. The lowest BCUT2D eigenvalue weighted by molar-refractivity contribution is 0.303. The predicted molar refractivity (Wildman–Crippen MR) is 130 cm³/mol. The van der Waals surface area contributed by atoms with Gasteiger partial charge in [-0.1, -0.05) is 81.1 Å². The molecule has 2 aliphatic rings. The third-order valence-corrected chi connectivity index (χ3v) is 7.93. The van der Waals surface area contributed by atoms with E-state index in [1.54, 1.807) is 5.56 Å². The van der Waals surface area contributed by atoms with Crippen LogP contribution in [-0.4, -0.2) is 6.04 Å². The van der Waals surface area contributed by atoms with E-state index in [0.717, 1.165) is 11.8 Å². The maximum atomic E-state index is 6.15. The molecule has 30 heavy (non-hydrogen) atoms. The second-order valence-electron chi connectivity index (χ2n) is 10.0. The molecule has 2 aliphatic carbocycles. The monoisotopic (exact) mass is 403 g/mol. The Morgan fingerprint density at radius 2 is 1.40 bits per heavy atom. The van der Waals surface area contributed by atoms with Crippen molar-refractivity contribution in [2.45, 2.75) is 102 Å². The first-order valence-electron chi connectivity index (χ1n) is 12.7. The average molecular weight is 404 g/mol. The summed E-state index contributed by atoms with van der Waals surface area (Å²) in [7, 11) is 0. The molecule has 2 N–H and O–H groups in total. The molecule has 0 unspecified atom stereocenters. The van der Waals surface area contributed by atoms with Crippen molar-refractivity contribution in [1.82, 2.24) is 0 Å². The highest BCUT2D eigenvalue weighted by Crippen LogP contribution is 2.40. The van der Waals surface area contributed by atoms with Crippen LogP contribution in [0.5, 0.6) is 0 Å². The van der Waals surface area contributed by atoms with E-state index in [0.29, 0.717) is 12.0 Å². The van der Waals surface area contributed by atoms with E-state index in [1.807, 2.05) is 0 Å². The van der Waals surface area contributed by atoms with E-state index < -0.39 is 0 Å². The highest BCUT2D eigenvalue weighted by atomic mass is 14.6. The van der Waals surface area contributed by atoms with Gasteiger partial charge in [-0.3, -0.25) is 0 Å². The average Bonchev–Trinajstić information content (AvgIpc) is 2.80. The molecular formula is C29H41N. The Labute approximate surface area is 184 Å². The summed E-state index contributed by atoms with van der Waals surface area (Å²) in [4.78, 5) is 0. The molecule has 4 rings (SSSR count). The molecule has 2 aromatic carbocycles. The Kier molecular flexibility index (Phi) is 7.66. The first kappa shape index (κ1) is 21.6. The number of nitrogens with two attached hydrogens (primary N) is 1. The second-order valence-corrected chi connectivity index (χ2v) is 10.0. The molecule has 0 aliphatic heterocycles. The van der Waals surface area contributed by atoms with Crippen LogP contribution in [0.4, 0.5) is 0 Å². The molecule has 1 heteroatoms. The molecule has 2 saturated carbocycles. The van der Waals surface area contributed by atoms with Gasteiger partial charge in [0, 0.05) is 6.04 Å². The lowest BCUT2D eigenvalue weighted by Crippen LogP contribution is -2.25. The summed E-state index contributed by atoms with van der Waals surface area (Å²) in [6, 6.07) is 19.1. The molecule has 2 fully saturated rings. The molecule has 2 aromatic rings. The van der Waals surface area contributed by atoms with Gasteiger partial charge in [0.1, 0.15) is 0 Å². The Balaban J connectivity index is 1.40. The Hall–Kier alpha value is -1.60. The summed E-state index contributed by atoms with van der Waals surface area (Å²) in [5.41, 5.74) is 12.1. The first-order valence-corrected chi connectivity index (χ1v) is 12.7. The Morgan fingerprint density at radius 3 is 2.10 bits per heavy atom. The topological polar surface area (TPSA) is 26.0 Å². The first-order chi connectivity index (χ1) is 14.7. The van der Waals surface area contributed by atoms with Crippen molar-refractivity contribution in [3.05, 3.63) is 59.7 Å². The van der Waals surface area contributed by atoms with Gasteiger partial charge in [-0.25, -0.2) is 0 Å². The summed E-state index contributed by atoms with van der Waals surface area (Å²) >= 11 is 0. The maximum Gasteiger partial charge on any atom is 0.00392 e. The van der Waals surface area contributed by atoms with Gasteiger partial charge in [0.2, 0.25) is 0 Å². The Morgan fingerprint density at radius 1 is 0.733 bits per heavy atom. The van der Waals surface area contributed by atoms with Gasteiger partial charge in [-0.2, -0.15) is 0 Å². The number of hydrogen-bond acceptors (Lipinski definition) is 1. The van der Waals surface area contributed by atoms with Crippen molar-refractivity contribution < 1.29 is 0 Å². The smallest absolute Gasteiger partial charge is 0.00392 e. The highest BCUT2D eigenvalue weighted by molar-refractivity contribution is 5.68. The molecule has 0 heterocycles. The molecule has 0 aromatic heterocycles. The van der Waals surface area contributed by atoms with Gasteiger partial charge in [-0.05, 0) is 91.4 Å². The minimum atomic E-state index is 0.412. The van der Waals surface area contributed by atoms with Crippen molar-refractivity contribution >= 4 is 0 Å². The van der Waals surface area contributed by atoms with Crippen LogP contribution < -0.4 is 5.73 Å². The molecule has 0 radical (unpaired) electrons. The molecule has 0 atom stereocenters. The van der Waals surface area contributed by atoms with Crippen LogP contribution in [0.25, 0.3) is 11.1 Å². The van der Waals surface area contributed by atoms with Gasteiger partial charge in [0.25, 0.3) is 0 Å². The number of unbranched alkanes of at least 4 members (excludes halogenated alkanes) is 2. The molecular weight excluding hydrogens is 362 g/mol. The fourth-order valence-corrected chi connectivity index (χ4v) is 5.95. The van der Waals surface area contributed by atoms with Gasteiger partial charge < -0.3 is 5.73 Å². The lowest BCUT2D eigenvalue weighted by Gasteiger charge is -2.29. The summed E-state index contributed by atoms with van der Waals surface area (Å²) in [5.74, 6) is 2.43. The summed E-state index contributed by atoms with van der Waals surface area (Å²) in [5, 5.41) is 0. The summed E-state index contributed by atoms with van der Waals surface area (Å²) < 4.78 is 0. The quantitative estimate of drug-likeness (QED) is 0.463. The molecule has 162 valence electrons. The van der Waals surface area contributed by atoms with E-state index in [-0.39, 0.29) is 0 Å². The van der Waals surface area contributed by atoms with E-state index in [2.05, 4.69) is 55.5 Å². The normalized spacial score (nSPS) is 27.1. The SMILES string of the molecule is CCCCCC1CCC(c2ccc(-c3ccccc3C3CCC(N)CC3)cc2)CC1. The minimum Gasteiger partial charge on any atom is -0.328 e. The zero-order valence-corrected chi connectivity index (χ0v) is 19.0. The van der Waals surface area contributed by atoms with Gasteiger partial charge in [-0.15, -0.1) is 0 Å². The summed E-state index contributed by atoms with van der Waals surface area (Å²) in [6.07, 6.45) is 16.1. The molecule has 0 saturated heterocycles. The minimum absolute atomic E-state index is 0.412. The maximum absolute atomic E-state index is 6.15. The molecule has 0 amide bonds. The number of rotatable bonds is 7. The van der Waals surface area contributed by atoms with Crippen molar-refractivity contribution in [3.63, 3.8) is 0 Å². The Bertz CT molecular complexity index is 761. The van der Waals surface area contributed by atoms with Crippen LogP contribution in [0.1, 0.15) is 107 Å². The zero-order valence-electron chi connectivity index (χ0n) is 19.0. The predicted octanol–water partition coefficient (Wildman–Crippen LogP) is 8.19. The second kappa shape index (κ2) is 10.6. The van der Waals surface area contributed by atoms with Gasteiger partial charge in [0.05, 0.1) is 0 Å². The van der Waals surface area contributed by atoms with Crippen molar-refractivity contribution in [1.29, 1.82) is 0 Å². The summed E-state index contributed by atoms with van der Waals surface area (Å²) in [6.45, 7) is 2.31. The van der Waals surface area contributed by atoms with Crippen LogP contribution in [0, 0.1) is 5.92 Å². The number of hydrogen-bond donors (Lipinski definition) is 1. The van der Waals surface area contributed by atoms with E-state index in [4.69, 9.17) is 5.73 Å².